The molecule has 20 heavy (non-hydrogen) atoms. The lowest BCUT2D eigenvalue weighted by molar-refractivity contribution is -0.384. The van der Waals surface area contributed by atoms with E-state index in [1.165, 1.54) is 12.1 Å². The molecule has 0 aliphatic rings. The van der Waals surface area contributed by atoms with Crippen molar-refractivity contribution in [1.82, 2.24) is 4.72 Å². The number of nitrogens with zero attached hydrogens (tertiary/aromatic N) is 1. The van der Waals surface area contributed by atoms with Gasteiger partial charge in [0.15, 0.2) is 0 Å². The van der Waals surface area contributed by atoms with Gasteiger partial charge in [-0.25, -0.2) is 13.1 Å². The van der Waals surface area contributed by atoms with Gasteiger partial charge in [0.1, 0.15) is 5.02 Å². The van der Waals surface area contributed by atoms with E-state index in [-0.39, 0.29) is 9.92 Å². The Morgan fingerprint density at radius 3 is 2.60 bits per heavy atom. The summed E-state index contributed by atoms with van der Waals surface area (Å²) in [5, 5.41) is 10.7. The Labute approximate surface area is 123 Å². The Balaban J connectivity index is 2.82. The van der Waals surface area contributed by atoms with Gasteiger partial charge < -0.3 is 0 Å². The standard InChI is InChI=1S/C12H17ClN2O4S/c1-9(2)4-3-7-14-20(18,19)10-5-6-11(13)12(8-10)15(16)17/h5-6,8-9,14H,3-4,7H2,1-2H3. The van der Waals surface area contributed by atoms with Crippen LogP contribution in [0.1, 0.15) is 26.7 Å². The van der Waals surface area contributed by atoms with Crippen LogP contribution >= 0.6 is 11.6 Å². The molecule has 1 aromatic carbocycles. The van der Waals surface area contributed by atoms with E-state index in [1.54, 1.807) is 0 Å². The summed E-state index contributed by atoms with van der Waals surface area (Å²) >= 11 is 5.65. The molecule has 1 rings (SSSR count). The molecule has 0 bridgehead atoms. The van der Waals surface area contributed by atoms with Crippen molar-refractivity contribution in [2.24, 2.45) is 5.92 Å². The number of nitrogens with one attached hydrogen (secondary N) is 1. The minimum atomic E-state index is -3.74. The average Bonchev–Trinajstić information content (AvgIpc) is 2.34. The molecule has 0 aromatic heterocycles. The third-order valence-electron chi connectivity index (χ3n) is 2.67. The van der Waals surface area contributed by atoms with E-state index in [0.717, 1.165) is 12.5 Å². The topological polar surface area (TPSA) is 89.3 Å². The van der Waals surface area contributed by atoms with Crippen LogP contribution in [-0.2, 0) is 10.0 Å². The van der Waals surface area contributed by atoms with Gasteiger partial charge in [-0.1, -0.05) is 25.4 Å². The summed E-state index contributed by atoms with van der Waals surface area (Å²) in [7, 11) is -3.74. The molecule has 8 heteroatoms. The zero-order valence-electron chi connectivity index (χ0n) is 11.3. The van der Waals surface area contributed by atoms with E-state index < -0.39 is 20.6 Å². The first kappa shape index (κ1) is 16.9. The lowest BCUT2D eigenvalue weighted by Crippen LogP contribution is -2.25. The van der Waals surface area contributed by atoms with E-state index in [0.29, 0.717) is 18.9 Å². The minimum Gasteiger partial charge on any atom is -0.258 e. The van der Waals surface area contributed by atoms with Crippen LogP contribution in [0, 0.1) is 16.0 Å². The van der Waals surface area contributed by atoms with Crippen LogP contribution in [0.15, 0.2) is 23.1 Å². The molecule has 0 aliphatic heterocycles. The van der Waals surface area contributed by atoms with Gasteiger partial charge in [-0.3, -0.25) is 10.1 Å². The van der Waals surface area contributed by atoms with Gasteiger partial charge in [-0.05, 0) is 30.9 Å². The normalized spacial score (nSPS) is 11.8. The van der Waals surface area contributed by atoms with E-state index in [9.17, 15) is 18.5 Å². The van der Waals surface area contributed by atoms with Crippen LogP contribution < -0.4 is 4.72 Å². The number of hydrogen-bond donors (Lipinski definition) is 1. The molecule has 0 amide bonds. The molecule has 0 atom stereocenters. The maximum Gasteiger partial charge on any atom is 0.289 e. The third-order valence-corrected chi connectivity index (χ3v) is 4.45. The highest BCUT2D eigenvalue weighted by Crippen LogP contribution is 2.26. The van der Waals surface area contributed by atoms with Crippen LogP contribution in [0.5, 0.6) is 0 Å². The fraction of sp³-hybridized carbons (Fsp3) is 0.500. The second-order valence-corrected chi connectivity index (χ2v) is 6.98. The fourth-order valence-corrected chi connectivity index (χ4v) is 2.88. The van der Waals surface area contributed by atoms with Crippen LogP contribution in [-0.4, -0.2) is 19.9 Å². The Kier molecular flexibility index (Phi) is 5.91. The summed E-state index contributed by atoms with van der Waals surface area (Å²) in [6.45, 7) is 4.41. The van der Waals surface area contributed by atoms with Crippen LogP contribution in [0.25, 0.3) is 0 Å². The quantitative estimate of drug-likeness (QED) is 0.475. The fourth-order valence-electron chi connectivity index (χ4n) is 1.60. The summed E-state index contributed by atoms with van der Waals surface area (Å²) in [4.78, 5) is 9.88. The van der Waals surface area contributed by atoms with Crippen LogP contribution in [0.2, 0.25) is 5.02 Å². The Morgan fingerprint density at radius 2 is 2.05 bits per heavy atom. The first-order valence-corrected chi connectivity index (χ1v) is 8.03. The Morgan fingerprint density at radius 1 is 1.40 bits per heavy atom. The van der Waals surface area contributed by atoms with Crippen LogP contribution in [0.4, 0.5) is 5.69 Å². The number of rotatable bonds is 7. The molecule has 0 heterocycles. The molecular formula is C12H17ClN2O4S. The first-order chi connectivity index (χ1) is 9.24. The van der Waals surface area contributed by atoms with Crippen molar-refractivity contribution in [3.63, 3.8) is 0 Å². The van der Waals surface area contributed by atoms with Gasteiger partial charge in [-0.15, -0.1) is 0 Å². The predicted octanol–water partition coefficient (Wildman–Crippen LogP) is 2.96. The summed E-state index contributed by atoms with van der Waals surface area (Å²) < 4.78 is 26.4. The maximum absolute atomic E-state index is 12.0. The number of nitro benzene ring substituents is 1. The molecule has 0 radical (unpaired) electrons. The third kappa shape index (κ3) is 4.73. The van der Waals surface area contributed by atoms with Gasteiger partial charge in [0.05, 0.1) is 9.82 Å². The van der Waals surface area contributed by atoms with Crippen molar-refractivity contribution in [2.75, 3.05) is 6.54 Å². The molecular weight excluding hydrogens is 304 g/mol. The lowest BCUT2D eigenvalue weighted by Gasteiger charge is -2.08. The monoisotopic (exact) mass is 320 g/mol. The second-order valence-electron chi connectivity index (χ2n) is 4.80. The maximum atomic E-state index is 12.0. The van der Waals surface area contributed by atoms with E-state index >= 15 is 0 Å². The molecule has 1 aromatic rings. The summed E-state index contributed by atoms with van der Waals surface area (Å²) in [6.07, 6.45) is 1.62. The Hall–Kier alpha value is -1.18. The lowest BCUT2D eigenvalue weighted by atomic mass is 10.1. The van der Waals surface area contributed by atoms with Crippen LogP contribution in [0.3, 0.4) is 0 Å². The van der Waals surface area contributed by atoms with Crippen molar-refractivity contribution < 1.29 is 13.3 Å². The van der Waals surface area contributed by atoms with E-state index in [4.69, 9.17) is 11.6 Å². The van der Waals surface area contributed by atoms with Gasteiger partial charge in [0.2, 0.25) is 10.0 Å². The highest BCUT2D eigenvalue weighted by Gasteiger charge is 2.20. The summed E-state index contributed by atoms with van der Waals surface area (Å²) in [5.74, 6) is 0.496. The summed E-state index contributed by atoms with van der Waals surface area (Å²) in [5.41, 5.74) is -0.420. The highest BCUT2D eigenvalue weighted by atomic mass is 35.5. The molecule has 0 aliphatic carbocycles. The Bertz CT molecular complexity index is 587. The number of halogens is 1. The first-order valence-electron chi connectivity index (χ1n) is 6.17. The summed E-state index contributed by atoms with van der Waals surface area (Å²) in [6, 6.07) is 3.43. The van der Waals surface area contributed by atoms with Gasteiger partial charge in [-0.2, -0.15) is 0 Å². The van der Waals surface area contributed by atoms with Crippen molar-refractivity contribution in [3.05, 3.63) is 33.3 Å². The van der Waals surface area contributed by atoms with Crippen molar-refractivity contribution in [1.29, 1.82) is 0 Å². The largest absolute Gasteiger partial charge is 0.289 e. The molecule has 6 nitrogen and oxygen atoms in total. The number of benzene rings is 1. The van der Waals surface area contributed by atoms with Gasteiger partial charge >= 0.3 is 0 Å². The molecule has 112 valence electrons. The molecule has 0 saturated heterocycles. The smallest absolute Gasteiger partial charge is 0.258 e. The van der Waals surface area contributed by atoms with E-state index in [1.807, 2.05) is 0 Å². The second kappa shape index (κ2) is 7.01. The molecule has 0 fully saturated rings. The zero-order chi connectivity index (χ0) is 15.3. The minimum absolute atomic E-state index is 0.0891. The number of sulfonamides is 1. The van der Waals surface area contributed by atoms with Crippen molar-refractivity contribution in [2.45, 2.75) is 31.6 Å². The SMILES string of the molecule is CC(C)CCCNS(=O)(=O)c1ccc(Cl)c([N+](=O)[O-])c1. The molecule has 1 N–H and O–H groups in total. The molecule has 0 unspecified atom stereocenters. The van der Waals surface area contributed by atoms with Gasteiger partial charge in [0.25, 0.3) is 5.69 Å². The van der Waals surface area contributed by atoms with Crippen molar-refractivity contribution in [3.8, 4) is 0 Å². The molecule has 0 spiro atoms. The number of hydrogen-bond acceptors (Lipinski definition) is 4. The van der Waals surface area contributed by atoms with Crippen molar-refractivity contribution >= 4 is 27.3 Å². The number of nitro groups is 1. The average molecular weight is 321 g/mol. The molecule has 0 saturated carbocycles. The van der Waals surface area contributed by atoms with Gasteiger partial charge in [0, 0.05) is 12.6 Å². The van der Waals surface area contributed by atoms with E-state index in [2.05, 4.69) is 18.6 Å². The zero-order valence-corrected chi connectivity index (χ0v) is 12.9. The predicted molar refractivity (Wildman–Crippen MR) is 77.4 cm³/mol. The highest BCUT2D eigenvalue weighted by molar-refractivity contribution is 7.89.